The molecule has 0 saturated heterocycles. The number of phenols is 1. The number of phenolic OH excluding ortho intramolecular Hbond substituents is 1. The van der Waals surface area contributed by atoms with Crippen LogP contribution in [0.15, 0.2) is 44.4 Å². The zero-order valence-corrected chi connectivity index (χ0v) is 18.4. The van der Waals surface area contributed by atoms with Crippen molar-refractivity contribution < 1.29 is 27.5 Å². The number of nitrogens with zero attached hydrogens (tertiary/aromatic N) is 1. The molecule has 0 fully saturated rings. The second-order valence-corrected chi connectivity index (χ2v) is 9.00. The van der Waals surface area contributed by atoms with E-state index >= 15 is 0 Å². The molecule has 164 valence electrons. The highest BCUT2D eigenvalue weighted by atomic mass is 35.5. The maximum atomic E-state index is 12.6. The SMILES string of the molecule is Cc1c(Cc2ccc(O)c(S(N)(=O)=O)c2)c(=O)oc2cc(OC(=O)N(C)C)c(Cl)cc12. The maximum Gasteiger partial charge on any atom is 0.414 e. The van der Waals surface area contributed by atoms with Gasteiger partial charge in [-0.1, -0.05) is 17.7 Å². The Morgan fingerprint density at radius 2 is 1.94 bits per heavy atom. The number of nitrogens with two attached hydrogens (primary N) is 1. The first-order valence-corrected chi connectivity index (χ1v) is 10.8. The van der Waals surface area contributed by atoms with E-state index in [2.05, 4.69) is 0 Å². The van der Waals surface area contributed by atoms with Gasteiger partial charge in [0.2, 0.25) is 10.0 Å². The third-order valence-electron chi connectivity index (χ3n) is 4.61. The van der Waals surface area contributed by atoms with Crippen LogP contribution in [0, 0.1) is 6.92 Å². The van der Waals surface area contributed by atoms with Crippen LogP contribution in [0.5, 0.6) is 11.5 Å². The number of amides is 1. The van der Waals surface area contributed by atoms with Gasteiger partial charge in [-0.2, -0.15) is 0 Å². The summed E-state index contributed by atoms with van der Waals surface area (Å²) in [6.07, 6.45) is -0.614. The molecule has 0 unspecified atom stereocenters. The summed E-state index contributed by atoms with van der Waals surface area (Å²) in [4.78, 5) is 25.2. The van der Waals surface area contributed by atoms with Gasteiger partial charge >= 0.3 is 11.7 Å². The number of sulfonamides is 1. The van der Waals surface area contributed by atoms with E-state index in [1.54, 1.807) is 6.92 Å². The first-order chi connectivity index (χ1) is 14.4. The Bertz CT molecular complexity index is 1360. The van der Waals surface area contributed by atoms with Crippen LogP contribution in [0.2, 0.25) is 5.02 Å². The van der Waals surface area contributed by atoms with E-state index in [-0.39, 0.29) is 28.3 Å². The Morgan fingerprint density at radius 1 is 1.26 bits per heavy atom. The monoisotopic (exact) mass is 466 g/mol. The molecule has 0 radical (unpaired) electrons. The molecule has 3 rings (SSSR count). The molecule has 0 spiro atoms. The van der Waals surface area contributed by atoms with Crippen LogP contribution in [0.1, 0.15) is 16.7 Å². The number of primary sulfonamides is 1. The normalized spacial score (nSPS) is 11.5. The van der Waals surface area contributed by atoms with Crippen LogP contribution in [0.3, 0.4) is 0 Å². The molecule has 0 aliphatic heterocycles. The number of fused-ring (bicyclic) bond motifs is 1. The number of aromatic hydroxyl groups is 1. The zero-order chi connectivity index (χ0) is 23.1. The van der Waals surface area contributed by atoms with Crippen molar-refractivity contribution in [1.82, 2.24) is 4.90 Å². The lowest BCUT2D eigenvalue weighted by Gasteiger charge is -2.13. The second kappa shape index (κ2) is 8.22. The number of benzene rings is 2. The van der Waals surface area contributed by atoms with Gasteiger partial charge in [-0.15, -0.1) is 0 Å². The predicted octanol–water partition coefficient (Wildman–Crippen LogP) is 2.76. The van der Waals surface area contributed by atoms with Gasteiger partial charge in [-0.3, -0.25) is 0 Å². The van der Waals surface area contributed by atoms with E-state index in [9.17, 15) is 23.1 Å². The molecular weight excluding hydrogens is 448 g/mol. The van der Waals surface area contributed by atoms with Crippen LogP contribution < -0.4 is 15.5 Å². The maximum absolute atomic E-state index is 12.6. The average Bonchev–Trinajstić information content (AvgIpc) is 2.66. The molecular formula is C20H19ClN2O7S. The van der Waals surface area contributed by atoms with Gasteiger partial charge in [-0.05, 0) is 36.2 Å². The highest BCUT2D eigenvalue weighted by molar-refractivity contribution is 7.89. The van der Waals surface area contributed by atoms with Gasteiger partial charge in [0, 0.05) is 37.5 Å². The number of ether oxygens (including phenoxy) is 1. The summed E-state index contributed by atoms with van der Waals surface area (Å²) >= 11 is 6.24. The average molecular weight is 467 g/mol. The molecule has 1 aromatic heterocycles. The lowest BCUT2D eigenvalue weighted by Crippen LogP contribution is -2.25. The smallest absolute Gasteiger partial charge is 0.414 e. The fourth-order valence-corrected chi connectivity index (χ4v) is 3.84. The minimum atomic E-state index is -4.14. The van der Waals surface area contributed by atoms with Crippen molar-refractivity contribution in [2.24, 2.45) is 5.14 Å². The van der Waals surface area contributed by atoms with Crippen molar-refractivity contribution in [3.8, 4) is 11.5 Å². The summed E-state index contributed by atoms with van der Waals surface area (Å²) in [6, 6.07) is 6.74. The fourth-order valence-electron chi connectivity index (χ4n) is 2.96. The van der Waals surface area contributed by atoms with Crippen molar-refractivity contribution in [1.29, 1.82) is 0 Å². The highest BCUT2D eigenvalue weighted by Crippen LogP contribution is 2.33. The molecule has 1 amide bonds. The predicted molar refractivity (Wildman–Crippen MR) is 114 cm³/mol. The molecule has 11 heteroatoms. The van der Waals surface area contributed by atoms with Crippen molar-refractivity contribution >= 4 is 38.7 Å². The van der Waals surface area contributed by atoms with Crippen LogP contribution in [0.4, 0.5) is 4.79 Å². The molecule has 0 atom stereocenters. The second-order valence-electron chi connectivity index (χ2n) is 7.06. The van der Waals surface area contributed by atoms with Crippen LogP contribution >= 0.6 is 11.6 Å². The van der Waals surface area contributed by atoms with E-state index in [1.807, 2.05) is 0 Å². The molecule has 31 heavy (non-hydrogen) atoms. The quantitative estimate of drug-likeness (QED) is 0.563. The lowest BCUT2D eigenvalue weighted by molar-refractivity contribution is 0.172. The zero-order valence-electron chi connectivity index (χ0n) is 16.8. The first-order valence-electron chi connectivity index (χ1n) is 8.88. The topological polar surface area (TPSA) is 140 Å². The van der Waals surface area contributed by atoms with E-state index in [1.165, 1.54) is 49.3 Å². The summed E-state index contributed by atoms with van der Waals surface area (Å²) in [5.41, 5.74) is 0.784. The summed E-state index contributed by atoms with van der Waals surface area (Å²) in [6.45, 7) is 1.69. The highest BCUT2D eigenvalue weighted by Gasteiger charge is 2.19. The molecule has 0 aliphatic rings. The molecule has 2 aromatic carbocycles. The molecule has 0 saturated carbocycles. The van der Waals surface area contributed by atoms with Gasteiger partial charge < -0.3 is 19.2 Å². The molecule has 0 aliphatic carbocycles. The van der Waals surface area contributed by atoms with Crippen molar-refractivity contribution in [3.05, 3.63) is 62.5 Å². The Morgan fingerprint density at radius 3 is 2.55 bits per heavy atom. The molecule has 9 nitrogen and oxygen atoms in total. The fraction of sp³-hybridized carbons (Fsp3) is 0.200. The summed E-state index contributed by atoms with van der Waals surface area (Å²) in [5, 5.41) is 15.5. The van der Waals surface area contributed by atoms with Crippen LogP contribution in [-0.2, 0) is 16.4 Å². The Labute approximate surface area is 182 Å². The third-order valence-corrected chi connectivity index (χ3v) is 5.85. The number of aryl methyl sites for hydroxylation is 1. The minimum absolute atomic E-state index is 0.0297. The van der Waals surface area contributed by atoms with Gasteiger partial charge in [0.15, 0.2) is 5.75 Å². The van der Waals surface area contributed by atoms with Gasteiger partial charge in [-0.25, -0.2) is 23.1 Å². The molecule has 1 heterocycles. The van der Waals surface area contributed by atoms with E-state index < -0.39 is 32.4 Å². The summed E-state index contributed by atoms with van der Waals surface area (Å²) in [5.74, 6) is -0.445. The third kappa shape index (κ3) is 4.66. The van der Waals surface area contributed by atoms with E-state index in [0.717, 1.165) is 0 Å². The Kier molecular flexibility index (Phi) is 5.99. The van der Waals surface area contributed by atoms with Crippen LogP contribution in [0.25, 0.3) is 11.0 Å². The number of carbonyl (C=O) groups excluding carboxylic acids is 1. The molecule has 3 aromatic rings. The van der Waals surface area contributed by atoms with Crippen molar-refractivity contribution in [3.63, 3.8) is 0 Å². The number of hydrogen-bond acceptors (Lipinski definition) is 7. The number of hydrogen-bond donors (Lipinski definition) is 2. The van der Waals surface area contributed by atoms with Crippen molar-refractivity contribution in [2.45, 2.75) is 18.2 Å². The largest absolute Gasteiger partial charge is 0.507 e. The lowest BCUT2D eigenvalue weighted by atomic mass is 9.99. The van der Waals surface area contributed by atoms with Gasteiger partial charge in [0.1, 0.15) is 16.2 Å². The molecule has 0 bridgehead atoms. The minimum Gasteiger partial charge on any atom is -0.507 e. The van der Waals surface area contributed by atoms with E-state index in [4.69, 9.17) is 25.9 Å². The number of rotatable bonds is 4. The summed E-state index contributed by atoms with van der Waals surface area (Å²) < 4.78 is 33.8. The standard InChI is InChI=1S/C20H19ClN2O7S/c1-10-12-8-14(21)17(30-20(26)23(2)3)9-16(12)29-19(25)13(10)6-11-4-5-15(24)18(7-11)31(22,27)28/h4-5,7-9,24H,6H2,1-3H3,(H2,22,27,28). The Balaban J connectivity index is 2.07. The van der Waals surface area contributed by atoms with Gasteiger partial charge in [0.05, 0.1) is 5.02 Å². The van der Waals surface area contributed by atoms with Gasteiger partial charge in [0.25, 0.3) is 0 Å². The molecule has 3 N–H and O–H groups in total. The summed E-state index contributed by atoms with van der Waals surface area (Å²) in [7, 11) is -1.12. The number of halogens is 1. The number of carbonyl (C=O) groups is 1. The van der Waals surface area contributed by atoms with Crippen molar-refractivity contribution in [2.75, 3.05) is 14.1 Å². The van der Waals surface area contributed by atoms with E-state index in [0.29, 0.717) is 16.5 Å². The Hall–Kier alpha value is -3.08. The van der Waals surface area contributed by atoms with Crippen LogP contribution in [-0.4, -0.2) is 38.6 Å². The first kappa shape index (κ1) is 22.6.